The van der Waals surface area contributed by atoms with E-state index in [1.165, 1.54) is 4.88 Å². The van der Waals surface area contributed by atoms with Gasteiger partial charge in [-0.15, -0.1) is 11.3 Å². The quantitative estimate of drug-likeness (QED) is 0.342. The Balaban J connectivity index is 1.46. The summed E-state index contributed by atoms with van der Waals surface area (Å²) in [6.45, 7) is 4.31. The minimum Gasteiger partial charge on any atom is -0.493 e. The van der Waals surface area contributed by atoms with Gasteiger partial charge in [0.05, 0.1) is 17.3 Å². The van der Waals surface area contributed by atoms with Crippen molar-refractivity contribution in [3.63, 3.8) is 0 Å². The van der Waals surface area contributed by atoms with Gasteiger partial charge in [-0.25, -0.2) is 9.78 Å². The molecular formula is C24H23ClN2O3S. The smallest absolute Gasteiger partial charge is 0.326 e. The number of benzene rings is 2. The van der Waals surface area contributed by atoms with Gasteiger partial charge in [-0.2, -0.15) is 0 Å². The zero-order chi connectivity index (χ0) is 22.0. The Morgan fingerprint density at radius 3 is 2.81 bits per heavy atom. The molecule has 0 saturated heterocycles. The van der Waals surface area contributed by atoms with E-state index in [4.69, 9.17) is 21.3 Å². The maximum atomic E-state index is 11.3. The summed E-state index contributed by atoms with van der Waals surface area (Å²) in [6.07, 6.45) is 3.42. The van der Waals surface area contributed by atoms with Crippen LogP contribution in [0.4, 0.5) is 0 Å². The minimum atomic E-state index is -0.857. The Hall–Kier alpha value is -2.83. The summed E-state index contributed by atoms with van der Waals surface area (Å²) < 4.78 is 7.74. The molecule has 2 heterocycles. The predicted octanol–water partition coefficient (Wildman–Crippen LogP) is 6.25. The van der Waals surface area contributed by atoms with Crippen molar-refractivity contribution in [1.82, 2.24) is 9.55 Å². The lowest BCUT2D eigenvalue weighted by Gasteiger charge is -2.11. The van der Waals surface area contributed by atoms with E-state index in [0.717, 1.165) is 39.3 Å². The predicted molar refractivity (Wildman–Crippen MR) is 125 cm³/mol. The second kappa shape index (κ2) is 9.12. The lowest BCUT2D eigenvalue weighted by atomic mass is 10.2. The number of hydrogen-bond acceptors (Lipinski definition) is 4. The van der Waals surface area contributed by atoms with Gasteiger partial charge in [0.2, 0.25) is 0 Å². The van der Waals surface area contributed by atoms with Gasteiger partial charge in [0.25, 0.3) is 0 Å². The van der Waals surface area contributed by atoms with E-state index in [-0.39, 0.29) is 0 Å². The van der Waals surface area contributed by atoms with Gasteiger partial charge in [-0.05, 0) is 43.7 Å². The minimum absolute atomic E-state index is 0.510. The molecule has 0 saturated carbocycles. The van der Waals surface area contributed by atoms with E-state index in [0.29, 0.717) is 18.1 Å². The first-order valence-corrected chi connectivity index (χ1v) is 11.4. The molecule has 2 aromatic carbocycles. The molecule has 4 rings (SSSR count). The number of hydrogen-bond donors (Lipinski definition) is 1. The highest BCUT2D eigenvalue weighted by Gasteiger charge is 2.16. The van der Waals surface area contributed by atoms with Crippen molar-refractivity contribution in [1.29, 1.82) is 0 Å². The van der Waals surface area contributed by atoms with E-state index in [1.807, 2.05) is 48.5 Å². The highest BCUT2D eigenvalue weighted by atomic mass is 35.5. The third-order valence-electron chi connectivity index (χ3n) is 5.28. The van der Waals surface area contributed by atoms with Crippen LogP contribution in [0.3, 0.4) is 0 Å². The molecular weight excluding hydrogens is 432 g/mol. The molecule has 0 radical (unpaired) electrons. The number of carboxylic acid groups (broad SMARTS) is 1. The Bertz CT molecular complexity index is 1230. The Kier molecular flexibility index (Phi) is 6.30. The number of halogens is 1. The molecule has 0 aliphatic carbocycles. The first kappa shape index (κ1) is 21.4. The molecule has 5 nitrogen and oxygen atoms in total. The van der Waals surface area contributed by atoms with E-state index >= 15 is 0 Å². The molecule has 0 aliphatic rings. The van der Waals surface area contributed by atoms with Crippen LogP contribution in [0, 0.1) is 0 Å². The zero-order valence-corrected chi connectivity index (χ0v) is 18.9. The zero-order valence-electron chi connectivity index (χ0n) is 17.3. The average molecular weight is 455 g/mol. The largest absolute Gasteiger partial charge is 0.493 e. The van der Waals surface area contributed by atoms with Crippen molar-refractivity contribution in [2.45, 2.75) is 32.7 Å². The fourth-order valence-electron chi connectivity index (χ4n) is 3.56. The van der Waals surface area contributed by atoms with Crippen LogP contribution >= 0.6 is 22.9 Å². The number of nitrogens with zero attached hydrogens (tertiary/aromatic N) is 2. The Morgan fingerprint density at radius 2 is 2.06 bits per heavy atom. The van der Waals surface area contributed by atoms with Gasteiger partial charge in [0.15, 0.2) is 0 Å². The van der Waals surface area contributed by atoms with Gasteiger partial charge in [0, 0.05) is 34.0 Å². The number of thiazole rings is 1. The summed E-state index contributed by atoms with van der Waals surface area (Å²) in [5, 5.41) is 11.9. The molecule has 0 amide bonds. The molecule has 0 aliphatic heterocycles. The number of carboxylic acids is 1. The summed E-state index contributed by atoms with van der Waals surface area (Å²) in [5.74, 6) is -0.100. The maximum Gasteiger partial charge on any atom is 0.326 e. The standard InChI is InChI=1S/C24H23ClN2O3S/c1-3-22-20(26-23(31-22)18-6-4-5-7-19(18)25)11-13-30-17-8-9-21-16(14-17)10-12-27(21)15(2)24(28)29/h4-10,12,14-15H,3,11,13H2,1-2H3,(H,28,29)/t15-/m1/s1. The Morgan fingerprint density at radius 1 is 1.26 bits per heavy atom. The van der Waals surface area contributed by atoms with Gasteiger partial charge in [-0.3, -0.25) is 0 Å². The fourth-order valence-corrected chi connectivity index (χ4v) is 4.93. The molecule has 4 aromatic rings. The molecule has 31 heavy (non-hydrogen) atoms. The van der Waals surface area contributed by atoms with Crippen molar-refractivity contribution in [3.05, 3.63) is 70.3 Å². The van der Waals surface area contributed by atoms with Crippen molar-refractivity contribution in [3.8, 4) is 16.3 Å². The lowest BCUT2D eigenvalue weighted by Crippen LogP contribution is -2.14. The van der Waals surface area contributed by atoms with Crippen LogP contribution in [0.15, 0.2) is 54.7 Å². The molecule has 7 heteroatoms. The van der Waals surface area contributed by atoms with E-state index in [9.17, 15) is 9.90 Å². The van der Waals surface area contributed by atoms with E-state index < -0.39 is 12.0 Å². The maximum absolute atomic E-state index is 11.3. The highest BCUT2D eigenvalue weighted by Crippen LogP contribution is 2.33. The summed E-state index contributed by atoms with van der Waals surface area (Å²) >= 11 is 8.02. The molecule has 1 N–H and O–H groups in total. The number of fused-ring (bicyclic) bond motifs is 1. The molecule has 0 bridgehead atoms. The van der Waals surface area contributed by atoms with Crippen LogP contribution in [0.25, 0.3) is 21.5 Å². The average Bonchev–Trinajstić information content (AvgIpc) is 3.37. The molecule has 0 unspecified atom stereocenters. The van der Waals surface area contributed by atoms with Crippen LogP contribution in [0.2, 0.25) is 5.02 Å². The number of rotatable bonds is 8. The normalized spacial score (nSPS) is 12.2. The second-order valence-electron chi connectivity index (χ2n) is 7.28. The molecule has 1 atom stereocenters. The van der Waals surface area contributed by atoms with Crippen molar-refractivity contribution in [2.24, 2.45) is 0 Å². The SMILES string of the molecule is CCc1sc(-c2ccccc2Cl)nc1CCOc1ccc2c(ccn2[C@H](C)C(=O)O)c1. The first-order chi connectivity index (χ1) is 15.0. The topological polar surface area (TPSA) is 64.4 Å². The number of aliphatic carboxylic acids is 1. The third-order valence-corrected chi connectivity index (χ3v) is 6.88. The van der Waals surface area contributed by atoms with Crippen LogP contribution < -0.4 is 4.74 Å². The summed E-state index contributed by atoms with van der Waals surface area (Å²) in [4.78, 5) is 17.4. The van der Waals surface area contributed by atoms with Gasteiger partial charge >= 0.3 is 5.97 Å². The van der Waals surface area contributed by atoms with Gasteiger partial charge in [-0.1, -0.05) is 36.7 Å². The fraction of sp³-hybridized carbons (Fsp3) is 0.250. The van der Waals surface area contributed by atoms with E-state index in [2.05, 4.69) is 6.92 Å². The molecule has 160 valence electrons. The second-order valence-corrected chi connectivity index (χ2v) is 8.77. The monoisotopic (exact) mass is 454 g/mol. The number of aryl methyl sites for hydroxylation is 1. The van der Waals surface area contributed by atoms with Crippen LogP contribution in [-0.2, 0) is 17.6 Å². The van der Waals surface area contributed by atoms with Gasteiger partial charge in [0.1, 0.15) is 16.8 Å². The van der Waals surface area contributed by atoms with Crippen LogP contribution in [-0.4, -0.2) is 27.2 Å². The summed E-state index contributed by atoms with van der Waals surface area (Å²) in [6, 6.07) is 14.8. The lowest BCUT2D eigenvalue weighted by molar-refractivity contribution is -0.140. The number of carbonyl (C=O) groups is 1. The van der Waals surface area contributed by atoms with Crippen molar-refractivity contribution in [2.75, 3.05) is 6.61 Å². The Labute approximate surface area is 189 Å². The highest BCUT2D eigenvalue weighted by molar-refractivity contribution is 7.15. The number of ether oxygens (including phenoxy) is 1. The molecule has 2 aromatic heterocycles. The van der Waals surface area contributed by atoms with Crippen LogP contribution in [0.1, 0.15) is 30.5 Å². The molecule has 0 spiro atoms. The van der Waals surface area contributed by atoms with Gasteiger partial charge < -0.3 is 14.4 Å². The first-order valence-electron chi connectivity index (χ1n) is 10.2. The van der Waals surface area contributed by atoms with Crippen molar-refractivity contribution >= 4 is 39.8 Å². The third kappa shape index (κ3) is 4.45. The van der Waals surface area contributed by atoms with Crippen molar-refractivity contribution < 1.29 is 14.6 Å². The number of aromatic nitrogens is 2. The summed E-state index contributed by atoms with van der Waals surface area (Å²) in [7, 11) is 0. The molecule has 0 fully saturated rings. The summed E-state index contributed by atoms with van der Waals surface area (Å²) in [5.41, 5.74) is 2.88. The van der Waals surface area contributed by atoms with E-state index in [1.54, 1.807) is 29.0 Å². The van der Waals surface area contributed by atoms with Crippen LogP contribution in [0.5, 0.6) is 5.75 Å².